The summed E-state index contributed by atoms with van der Waals surface area (Å²) >= 11 is 1.68. The fourth-order valence-electron chi connectivity index (χ4n) is 1.28. The highest BCUT2D eigenvalue weighted by Gasteiger charge is 2.11. The molecule has 0 fully saturated rings. The van der Waals surface area contributed by atoms with E-state index < -0.39 is 0 Å². The van der Waals surface area contributed by atoms with E-state index in [-0.39, 0.29) is 5.91 Å². The monoisotopic (exact) mass is 215 g/mol. The Balaban J connectivity index is 2.26. The van der Waals surface area contributed by atoms with Crippen molar-refractivity contribution >= 4 is 22.8 Å². The van der Waals surface area contributed by atoms with Crippen LogP contribution in [0.25, 0.3) is 0 Å². The van der Waals surface area contributed by atoms with Crippen LogP contribution in [0.1, 0.15) is 13.8 Å². The van der Waals surface area contributed by atoms with E-state index in [0.717, 1.165) is 30.6 Å². The molecule has 0 bridgehead atoms. The van der Waals surface area contributed by atoms with Crippen molar-refractivity contribution in [3.63, 3.8) is 0 Å². The van der Waals surface area contributed by atoms with Crippen LogP contribution in [0.5, 0.6) is 0 Å². The van der Waals surface area contributed by atoms with Crippen molar-refractivity contribution in [2.24, 2.45) is 4.99 Å². The molecule has 1 aliphatic rings. The number of likely N-dealkylation sites (N-methyl/N-ethyl adjacent to an activating group) is 1. The number of carbonyl (C=O) groups is 1. The van der Waals surface area contributed by atoms with E-state index in [1.807, 2.05) is 18.7 Å². The lowest BCUT2D eigenvalue weighted by Crippen LogP contribution is -2.39. The Morgan fingerprint density at radius 1 is 1.57 bits per heavy atom. The van der Waals surface area contributed by atoms with Crippen molar-refractivity contribution in [2.45, 2.75) is 13.8 Å². The molecule has 0 aromatic heterocycles. The van der Waals surface area contributed by atoms with E-state index in [9.17, 15) is 4.79 Å². The molecule has 4 nitrogen and oxygen atoms in total. The van der Waals surface area contributed by atoms with Gasteiger partial charge in [-0.05, 0) is 13.8 Å². The number of amidine groups is 1. The van der Waals surface area contributed by atoms with E-state index in [1.165, 1.54) is 0 Å². The van der Waals surface area contributed by atoms with Crippen molar-refractivity contribution in [3.8, 4) is 0 Å². The minimum Gasteiger partial charge on any atom is -0.356 e. The molecule has 0 radical (unpaired) electrons. The van der Waals surface area contributed by atoms with Crippen LogP contribution >= 0.6 is 11.8 Å². The molecular weight excluding hydrogens is 198 g/mol. The summed E-state index contributed by atoms with van der Waals surface area (Å²) in [6.45, 7) is 6.76. The standard InChI is InChI=1S/C9H17N3OS/c1-3-12(4-2)8(13)7-11-9-10-5-6-14-9/h3-7H2,1-2H3,(H,10,11). The van der Waals surface area contributed by atoms with Crippen LogP contribution in [0.15, 0.2) is 4.99 Å². The zero-order valence-corrected chi connectivity index (χ0v) is 9.56. The van der Waals surface area contributed by atoms with Gasteiger partial charge in [-0.25, -0.2) is 0 Å². The molecule has 0 atom stereocenters. The van der Waals surface area contributed by atoms with Crippen LogP contribution in [0, 0.1) is 0 Å². The van der Waals surface area contributed by atoms with Crippen molar-refractivity contribution in [2.75, 3.05) is 31.9 Å². The fraction of sp³-hybridized carbons (Fsp3) is 0.778. The highest BCUT2D eigenvalue weighted by Crippen LogP contribution is 2.08. The third-order valence-electron chi connectivity index (χ3n) is 2.09. The highest BCUT2D eigenvalue weighted by atomic mass is 32.2. The fourth-order valence-corrected chi connectivity index (χ4v) is 2.01. The minimum atomic E-state index is 0.144. The number of amides is 1. The molecule has 0 saturated carbocycles. The van der Waals surface area contributed by atoms with Gasteiger partial charge in [0.2, 0.25) is 5.91 Å². The first-order chi connectivity index (χ1) is 6.77. The Morgan fingerprint density at radius 2 is 2.29 bits per heavy atom. The molecule has 0 saturated heterocycles. The molecule has 1 N–H and O–H groups in total. The van der Waals surface area contributed by atoms with E-state index in [1.54, 1.807) is 11.8 Å². The van der Waals surface area contributed by atoms with Crippen molar-refractivity contribution in [1.29, 1.82) is 0 Å². The molecule has 1 aliphatic heterocycles. The Labute approximate surface area is 89.1 Å². The SMILES string of the molecule is CCN(CC)C(=O)CNC1=NCCS1. The maximum Gasteiger partial charge on any atom is 0.241 e. The second kappa shape index (κ2) is 5.90. The second-order valence-corrected chi connectivity index (χ2v) is 4.04. The third-order valence-corrected chi connectivity index (χ3v) is 3.03. The molecule has 0 unspecified atom stereocenters. The zero-order chi connectivity index (χ0) is 10.4. The van der Waals surface area contributed by atoms with Gasteiger partial charge in [0.15, 0.2) is 5.17 Å². The molecule has 0 aromatic rings. The first-order valence-electron chi connectivity index (χ1n) is 4.96. The first-order valence-corrected chi connectivity index (χ1v) is 5.95. The third kappa shape index (κ3) is 3.21. The summed E-state index contributed by atoms with van der Waals surface area (Å²) in [6, 6.07) is 0. The lowest BCUT2D eigenvalue weighted by molar-refractivity contribution is -0.129. The predicted octanol–water partition coefficient (Wildman–Crippen LogP) is 0.547. The molecule has 80 valence electrons. The van der Waals surface area contributed by atoms with Crippen molar-refractivity contribution in [3.05, 3.63) is 0 Å². The van der Waals surface area contributed by atoms with Crippen molar-refractivity contribution in [1.82, 2.24) is 10.2 Å². The summed E-state index contributed by atoms with van der Waals surface area (Å²) in [7, 11) is 0. The number of hydrogen-bond donors (Lipinski definition) is 1. The average molecular weight is 215 g/mol. The largest absolute Gasteiger partial charge is 0.356 e. The summed E-state index contributed by atoms with van der Waals surface area (Å²) in [6.07, 6.45) is 0. The Morgan fingerprint density at radius 3 is 2.79 bits per heavy atom. The number of rotatable bonds is 4. The minimum absolute atomic E-state index is 0.144. The first kappa shape index (κ1) is 11.4. The quantitative estimate of drug-likeness (QED) is 0.745. The number of carbonyl (C=O) groups excluding carboxylic acids is 1. The number of aliphatic imine (C=N–C) groups is 1. The maximum atomic E-state index is 11.6. The van der Waals surface area contributed by atoms with Crippen LogP contribution in [-0.4, -0.2) is 47.9 Å². The lowest BCUT2D eigenvalue weighted by atomic mass is 10.4. The molecular formula is C9H17N3OS. The number of hydrogen-bond acceptors (Lipinski definition) is 4. The molecule has 0 aromatic carbocycles. The Hall–Kier alpha value is -0.710. The van der Waals surface area contributed by atoms with Gasteiger partial charge in [-0.3, -0.25) is 9.79 Å². The summed E-state index contributed by atoms with van der Waals surface area (Å²) in [5.74, 6) is 1.17. The number of nitrogens with one attached hydrogen (secondary N) is 1. The molecule has 0 spiro atoms. The molecule has 14 heavy (non-hydrogen) atoms. The van der Waals surface area contributed by atoms with Crippen molar-refractivity contribution < 1.29 is 4.79 Å². The van der Waals surface area contributed by atoms with Gasteiger partial charge in [-0.2, -0.15) is 0 Å². The van der Waals surface area contributed by atoms with Gasteiger partial charge in [0.1, 0.15) is 0 Å². The normalized spacial score (nSPS) is 15.1. The van der Waals surface area contributed by atoms with Crippen LogP contribution in [0.2, 0.25) is 0 Å². The highest BCUT2D eigenvalue weighted by molar-refractivity contribution is 8.14. The van der Waals surface area contributed by atoms with Gasteiger partial charge in [0.05, 0.1) is 13.1 Å². The van der Waals surface area contributed by atoms with Gasteiger partial charge in [-0.15, -0.1) is 0 Å². The van der Waals surface area contributed by atoms with Gasteiger partial charge >= 0.3 is 0 Å². The average Bonchev–Trinajstić information content (AvgIpc) is 2.69. The summed E-state index contributed by atoms with van der Waals surface area (Å²) < 4.78 is 0. The summed E-state index contributed by atoms with van der Waals surface area (Å²) in [5.41, 5.74) is 0. The molecule has 1 heterocycles. The Kier molecular flexibility index (Phi) is 4.79. The van der Waals surface area contributed by atoms with Gasteiger partial charge in [0.25, 0.3) is 0 Å². The smallest absolute Gasteiger partial charge is 0.241 e. The summed E-state index contributed by atoms with van der Waals surface area (Å²) in [4.78, 5) is 17.6. The van der Waals surface area contributed by atoms with Gasteiger partial charge < -0.3 is 10.2 Å². The predicted molar refractivity (Wildman–Crippen MR) is 60.7 cm³/mol. The van der Waals surface area contributed by atoms with E-state index in [0.29, 0.717) is 6.54 Å². The molecule has 0 aliphatic carbocycles. The Bertz CT molecular complexity index is 226. The van der Waals surface area contributed by atoms with Crippen LogP contribution in [0.3, 0.4) is 0 Å². The number of thioether (sulfide) groups is 1. The van der Waals surface area contributed by atoms with Gasteiger partial charge in [-0.1, -0.05) is 11.8 Å². The zero-order valence-electron chi connectivity index (χ0n) is 8.75. The molecule has 1 rings (SSSR count). The second-order valence-electron chi connectivity index (χ2n) is 2.95. The maximum absolute atomic E-state index is 11.6. The van der Waals surface area contributed by atoms with Crippen LogP contribution < -0.4 is 5.32 Å². The van der Waals surface area contributed by atoms with E-state index in [4.69, 9.17) is 0 Å². The van der Waals surface area contributed by atoms with Gasteiger partial charge in [0, 0.05) is 18.8 Å². The molecule has 5 heteroatoms. The molecule has 1 amide bonds. The topological polar surface area (TPSA) is 44.7 Å². The lowest BCUT2D eigenvalue weighted by Gasteiger charge is -2.18. The van der Waals surface area contributed by atoms with Crippen LogP contribution in [-0.2, 0) is 4.79 Å². The number of nitrogens with zero attached hydrogens (tertiary/aromatic N) is 2. The van der Waals surface area contributed by atoms with Crippen LogP contribution in [0.4, 0.5) is 0 Å². The van der Waals surface area contributed by atoms with E-state index >= 15 is 0 Å². The summed E-state index contributed by atoms with van der Waals surface area (Å²) in [5, 5.41) is 3.96. The van der Waals surface area contributed by atoms with E-state index in [2.05, 4.69) is 10.3 Å².